The minimum atomic E-state index is -0.863. The molecular weight excluding hydrogens is 392 g/mol. The summed E-state index contributed by atoms with van der Waals surface area (Å²) in [6.45, 7) is -0.0539. The zero-order valence-corrected chi connectivity index (χ0v) is 15.9. The highest BCUT2D eigenvalue weighted by Gasteiger charge is 2.36. The number of anilines is 1. The number of esters is 1. The lowest BCUT2D eigenvalue weighted by Gasteiger charge is -2.13. The van der Waals surface area contributed by atoms with Crippen LogP contribution in [-0.2, 0) is 14.3 Å². The highest BCUT2D eigenvalue weighted by atomic mass is 16.5. The molecule has 9 nitrogen and oxygen atoms in total. The first kappa shape index (κ1) is 19.4. The molecule has 2 heterocycles. The molecule has 2 aromatic carbocycles. The van der Waals surface area contributed by atoms with Crippen molar-refractivity contribution in [3.8, 4) is 11.5 Å². The van der Waals surface area contributed by atoms with Gasteiger partial charge in [0.2, 0.25) is 0 Å². The van der Waals surface area contributed by atoms with Gasteiger partial charge in [-0.1, -0.05) is 12.1 Å². The average Bonchev–Trinajstić information content (AvgIpc) is 2.91. The quantitative estimate of drug-likeness (QED) is 0.589. The van der Waals surface area contributed by atoms with Crippen molar-refractivity contribution >= 4 is 29.4 Å². The van der Waals surface area contributed by atoms with Crippen molar-refractivity contribution in [3.63, 3.8) is 0 Å². The Bertz CT molecular complexity index is 999. The predicted molar refractivity (Wildman–Crippen MR) is 103 cm³/mol. The molecule has 0 spiro atoms. The second kappa shape index (κ2) is 8.24. The Morgan fingerprint density at radius 3 is 2.33 bits per heavy atom. The first-order valence-electron chi connectivity index (χ1n) is 9.33. The Labute approximate surface area is 171 Å². The number of ether oxygens (including phenoxy) is 3. The first-order chi connectivity index (χ1) is 14.5. The molecule has 0 radical (unpaired) electrons. The maximum Gasteiger partial charge on any atom is 0.326 e. The third-order valence-electron chi connectivity index (χ3n) is 4.56. The standard InChI is InChI=1S/C21H18N2O7/c24-18(22-13-6-7-16-17(10-13)29-9-3-8-28-16)12-30-19(25)11-23-20(26)14-4-1-2-5-15(14)21(23)27/h1-2,4-7,10H,3,8-9,11-12H2,(H,22,24). The van der Waals surface area contributed by atoms with Gasteiger partial charge in [-0.25, -0.2) is 0 Å². The van der Waals surface area contributed by atoms with E-state index in [0.717, 1.165) is 11.3 Å². The highest BCUT2D eigenvalue weighted by Crippen LogP contribution is 2.32. The van der Waals surface area contributed by atoms with Gasteiger partial charge < -0.3 is 19.5 Å². The van der Waals surface area contributed by atoms with Gasteiger partial charge in [-0.15, -0.1) is 0 Å². The van der Waals surface area contributed by atoms with Crippen LogP contribution in [0.15, 0.2) is 42.5 Å². The summed E-state index contributed by atoms with van der Waals surface area (Å²) in [6, 6.07) is 11.3. The third kappa shape index (κ3) is 3.95. The van der Waals surface area contributed by atoms with Crippen molar-refractivity contribution in [1.29, 1.82) is 0 Å². The summed E-state index contributed by atoms with van der Waals surface area (Å²) >= 11 is 0. The van der Waals surface area contributed by atoms with Gasteiger partial charge in [0.05, 0.1) is 24.3 Å². The number of fused-ring (bicyclic) bond motifs is 2. The van der Waals surface area contributed by atoms with Crippen LogP contribution < -0.4 is 14.8 Å². The number of imide groups is 1. The molecule has 3 amide bonds. The van der Waals surface area contributed by atoms with E-state index in [1.54, 1.807) is 30.3 Å². The Morgan fingerprint density at radius 2 is 1.63 bits per heavy atom. The molecule has 2 aromatic rings. The van der Waals surface area contributed by atoms with E-state index in [4.69, 9.17) is 14.2 Å². The lowest BCUT2D eigenvalue weighted by Crippen LogP contribution is -2.36. The molecule has 0 atom stereocenters. The Morgan fingerprint density at radius 1 is 0.967 bits per heavy atom. The summed E-state index contributed by atoms with van der Waals surface area (Å²) in [7, 11) is 0. The third-order valence-corrected chi connectivity index (χ3v) is 4.56. The van der Waals surface area contributed by atoms with Crippen molar-refractivity contribution in [2.24, 2.45) is 0 Å². The highest BCUT2D eigenvalue weighted by molar-refractivity contribution is 6.22. The number of amides is 3. The van der Waals surface area contributed by atoms with E-state index in [9.17, 15) is 19.2 Å². The SMILES string of the molecule is O=C(COC(=O)CN1C(=O)c2ccccc2C1=O)Nc1ccc2c(c1)OCCCO2. The van der Waals surface area contributed by atoms with Gasteiger partial charge in [0.1, 0.15) is 6.54 Å². The molecule has 2 aliphatic rings. The number of hydrogen-bond acceptors (Lipinski definition) is 7. The maximum atomic E-state index is 12.3. The fraction of sp³-hybridized carbons (Fsp3) is 0.238. The van der Waals surface area contributed by atoms with Crippen molar-refractivity contribution < 1.29 is 33.4 Å². The molecule has 0 bridgehead atoms. The van der Waals surface area contributed by atoms with Crippen LogP contribution in [0.5, 0.6) is 11.5 Å². The fourth-order valence-corrected chi connectivity index (χ4v) is 3.14. The number of carbonyl (C=O) groups excluding carboxylic acids is 4. The molecular formula is C21H18N2O7. The molecule has 30 heavy (non-hydrogen) atoms. The average molecular weight is 410 g/mol. The van der Waals surface area contributed by atoms with Crippen molar-refractivity contribution in [3.05, 3.63) is 53.6 Å². The fourth-order valence-electron chi connectivity index (χ4n) is 3.14. The van der Waals surface area contributed by atoms with E-state index < -0.39 is 36.8 Å². The summed E-state index contributed by atoms with van der Waals surface area (Å²) in [5.41, 5.74) is 0.936. The van der Waals surface area contributed by atoms with Crippen molar-refractivity contribution in [2.45, 2.75) is 6.42 Å². The summed E-state index contributed by atoms with van der Waals surface area (Å²) < 4.78 is 16.0. The van der Waals surface area contributed by atoms with Crippen LogP contribution in [0.4, 0.5) is 5.69 Å². The van der Waals surface area contributed by atoms with E-state index >= 15 is 0 Å². The maximum absolute atomic E-state index is 12.3. The molecule has 0 unspecified atom stereocenters. The molecule has 0 saturated heterocycles. The number of rotatable bonds is 5. The molecule has 9 heteroatoms. The number of nitrogens with one attached hydrogen (secondary N) is 1. The molecule has 0 saturated carbocycles. The summed E-state index contributed by atoms with van der Waals surface area (Å²) in [5, 5.41) is 2.59. The van der Waals surface area contributed by atoms with Crippen LogP contribution in [0.2, 0.25) is 0 Å². The summed E-state index contributed by atoms with van der Waals surface area (Å²) in [5.74, 6) is -1.45. The molecule has 2 aliphatic heterocycles. The molecule has 1 N–H and O–H groups in total. The van der Waals surface area contributed by atoms with Crippen LogP contribution in [-0.4, -0.2) is 55.0 Å². The first-order valence-corrected chi connectivity index (χ1v) is 9.33. The topological polar surface area (TPSA) is 111 Å². The zero-order chi connectivity index (χ0) is 21.1. The number of carbonyl (C=O) groups is 4. The van der Waals surface area contributed by atoms with E-state index in [2.05, 4.69) is 5.32 Å². The van der Waals surface area contributed by atoms with Crippen LogP contribution in [0, 0.1) is 0 Å². The predicted octanol–water partition coefficient (Wildman–Crippen LogP) is 1.63. The summed E-state index contributed by atoms with van der Waals surface area (Å²) in [6.07, 6.45) is 0.763. The number of benzene rings is 2. The van der Waals surface area contributed by atoms with Gasteiger partial charge in [0.25, 0.3) is 17.7 Å². The van der Waals surface area contributed by atoms with E-state index in [1.807, 2.05) is 0 Å². The molecule has 0 aromatic heterocycles. The van der Waals surface area contributed by atoms with E-state index in [0.29, 0.717) is 30.4 Å². The second-order valence-electron chi connectivity index (χ2n) is 6.66. The van der Waals surface area contributed by atoms with Crippen LogP contribution >= 0.6 is 0 Å². The van der Waals surface area contributed by atoms with Crippen molar-refractivity contribution in [2.75, 3.05) is 31.7 Å². The van der Waals surface area contributed by atoms with Crippen LogP contribution in [0.1, 0.15) is 27.1 Å². The summed E-state index contributed by atoms with van der Waals surface area (Å²) in [4.78, 5) is 49.5. The van der Waals surface area contributed by atoms with Gasteiger partial charge in [-0.3, -0.25) is 24.1 Å². The Balaban J connectivity index is 1.29. The molecule has 0 fully saturated rings. The van der Waals surface area contributed by atoms with Crippen LogP contribution in [0.3, 0.4) is 0 Å². The lowest BCUT2D eigenvalue weighted by molar-refractivity contribution is -0.147. The minimum Gasteiger partial charge on any atom is -0.490 e. The monoisotopic (exact) mass is 410 g/mol. The number of nitrogens with zero attached hydrogens (tertiary/aromatic N) is 1. The van der Waals surface area contributed by atoms with Gasteiger partial charge in [-0.2, -0.15) is 0 Å². The lowest BCUT2D eigenvalue weighted by atomic mass is 10.1. The second-order valence-corrected chi connectivity index (χ2v) is 6.66. The van der Waals surface area contributed by atoms with Gasteiger partial charge >= 0.3 is 5.97 Å². The largest absolute Gasteiger partial charge is 0.490 e. The Kier molecular flexibility index (Phi) is 5.34. The molecule has 0 aliphatic carbocycles. The van der Waals surface area contributed by atoms with E-state index in [-0.39, 0.29) is 11.1 Å². The van der Waals surface area contributed by atoms with Gasteiger partial charge in [0, 0.05) is 18.2 Å². The number of hydrogen-bond donors (Lipinski definition) is 1. The molecule has 154 valence electrons. The van der Waals surface area contributed by atoms with Crippen molar-refractivity contribution in [1.82, 2.24) is 4.90 Å². The normalized spacial score (nSPS) is 14.7. The van der Waals surface area contributed by atoms with Gasteiger partial charge in [-0.05, 0) is 24.3 Å². The Hall–Kier alpha value is -3.88. The van der Waals surface area contributed by atoms with E-state index in [1.165, 1.54) is 12.1 Å². The molecule has 4 rings (SSSR count). The zero-order valence-electron chi connectivity index (χ0n) is 15.9. The van der Waals surface area contributed by atoms with Gasteiger partial charge in [0.15, 0.2) is 18.1 Å². The smallest absolute Gasteiger partial charge is 0.326 e. The van der Waals surface area contributed by atoms with Crippen LogP contribution in [0.25, 0.3) is 0 Å². The minimum absolute atomic E-state index is 0.238.